The third kappa shape index (κ3) is 6.29. The summed E-state index contributed by atoms with van der Waals surface area (Å²) in [4.78, 5) is 69.1. The van der Waals surface area contributed by atoms with Crippen LogP contribution in [0.25, 0.3) is 0 Å². The summed E-state index contributed by atoms with van der Waals surface area (Å²) in [6, 6.07) is 6.03. The molecule has 3 aliphatic heterocycles. The second kappa shape index (κ2) is 13.1. The van der Waals surface area contributed by atoms with Gasteiger partial charge < -0.3 is 25.7 Å². The van der Waals surface area contributed by atoms with E-state index in [1.165, 1.54) is 45.2 Å². The maximum atomic E-state index is 13.2. The number of nitrogens with one attached hydrogen (secondary N) is 2. The van der Waals surface area contributed by atoms with Gasteiger partial charge in [-0.25, -0.2) is 22.6 Å². The van der Waals surface area contributed by atoms with Crippen molar-refractivity contribution in [3.63, 3.8) is 0 Å². The summed E-state index contributed by atoms with van der Waals surface area (Å²) >= 11 is 0.793. The minimum atomic E-state index is -4.13. The van der Waals surface area contributed by atoms with Crippen molar-refractivity contribution < 1.29 is 42.2 Å². The average molecular weight is 703 g/mol. The molecule has 18 heteroatoms. The number of sulfonamides is 1. The number of fused-ring (bicyclic) bond motifs is 2. The first kappa shape index (κ1) is 33.2. The van der Waals surface area contributed by atoms with Gasteiger partial charge >= 0.3 is 17.8 Å². The number of benzene rings is 1. The van der Waals surface area contributed by atoms with Crippen molar-refractivity contribution in [2.24, 2.45) is 5.92 Å². The Balaban J connectivity index is 1.13. The fraction of sp³-hybridized carbons (Fsp3) is 0.400. The molecule has 1 saturated heterocycles. The zero-order valence-electron chi connectivity index (χ0n) is 25.3. The minimum absolute atomic E-state index is 0.0114. The number of carbonyl (C=O) groups is 4. The van der Waals surface area contributed by atoms with Crippen LogP contribution in [0.4, 0.5) is 4.39 Å². The molecule has 1 aliphatic carbocycles. The van der Waals surface area contributed by atoms with E-state index in [1.807, 2.05) is 0 Å². The Hall–Kier alpha value is -4.68. The van der Waals surface area contributed by atoms with Gasteiger partial charge in [-0.15, -0.1) is 11.3 Å². The summed E-state index contributed by atoms with van der Waals surface area (Å²) in [5.74, 6) is -5.64. The van der Waals surface area contributed by atoms with E-state index in [1.54, 1.807) is 0 Å². The molecule has 7 rings (SSSR count). The van der Waals surface area contributed by atoms with Gasteiger partial charge in [-0.3, -0.25) is 23.7 Å². The van der Waals surface area contributed by atoms with E-state index in [9.17, 15) is 47.0 Å². The number of aromatic carboxylic acids is 1. The van der Waals surface area contributed by atoms with Crippen LogP contribution in [0.1, 0.15) is 56.7 Å². The molecule has 3 atom stereocenters. The van der Waals surface area contributed by atoms with Gasteiger partial charge in [0.15, 0.2) is 5.69 Å². The number of rotatable bonds is 7. The average Bonchev–Trinajstić information content (AvgIpc) is 3.46. The van der Waals surface area contributed by atoms with Crippen molar-refractivity contribution in [2.45, 2.75) is 49.2 Å². The summed E-state index contributed by atoms with van der Waals surface area (Å²) in [7, 11) is -4.13. The predicted molar refractivity (Wildman–Crippen MR) is 166 cm³/mol. The molecule has 0 radical (unpaired) electrons. The number of nitrogens with zero attached hydrogens (tertiary/aromatic N) is 4. The first-order valence-electron chi connectivity index (χ1n) is 15.1. The SMILES string of the molecule is O=C(NC1CC2CCC1c1nc(C(=O)NCc3ccc(F)cc3)c(O)c(=O)n1C2)C(=O)N1CCN(S(=O)(=O)c2ccsc2C(=O)O)CC1. The molecule has 254 valence electrons. The zero-order chi connectivity index (χ0) is 34.3. The lowest BCUT2D eigenvalue weighted by Gasteiger charge is -2.35. The normalized spacial score (nSPS) is 20.9. The number of carboxylic acids is 1. The summed E-state index contributed by atoms with van der Waals surface area (Å²) in [6.07, 6.45) is 1.60. The molecule has 3 amide bonds. The van der Waals surface area contributed by atoms with Crippen molar-refractivity contribution in [2.75, 3.05) is 26.2 Å². The molecule has 5 heterocycles. The van der Waals surface area contributed by atoms with E-state index in [2.05, 4.69) is 15.6 Å². The van der Waals surface area contributed by atoms with Crippen LogP contribution in [-0.4, -0.2) is 93.3 Å². The van der Waals surface area contributed by atoms with E-state index < -0.39 is 68.5 Å². The van der Waals surface area contributed by atoms with E-state index >= 15 is 0 Å². The van der Waals surface area contributed by atoms with Gasteiger partial charge in [-0.2, -0.15) is 4.31 Å². The maximum absolute atomic E-state index is 13.2. The number of piperazine rings is 1. The standard InChI is InChI=1S/C30H31FN6O9S2/c31-18-4-1-16(2-5-18)14-32-26(39)22-23(38)28(41)37-15-17-3-6-19(25(37)34-22)20(13-17)33-27(40)29(42)35-8-10-36(11-9-35)48(45,46)21-7-12-47-24(21)30(43)44/h1-2,4-5,7,12,17,19-20,38H,3,6,8-11,13-15H2,(H,32,39)(H,33,40)(H,43,44). The van der Waals surface area contributed by atoms with Gasteiger partial charge in [0.05, 0.1) is 0 Å². The first-order chi connectivity index (χ1) is 22.8. The molecule has 3 unspecified atom stereocenters. The second-order valence-corrected chi connectivity index (χ2v) is 14.7. The fourth-order valence-electron chi connectivity index (χ4n) is 6.50. The highest BCUT2D eigenvalue weighted by Crippen LogP contribution is 2.40. The van der Waals surface area contributed by atoms with Crippen LogP contribution in [0.5, 0.6) is 5.75 Å². The lowest BCUT2D eigenvalue weighted by Crippen LogP contribution is -2.55. The van der Waals surface area contributed by atoms with Crippen molar-refractivity contribution >= 4 is 45.1 Å². The van der Waals surface area contributed by atoms with Gasteiger partial charge in [0.1, 0.15) is 21.4 Å². The third-order valence-corrected chi connectivity index (χ3v) is 11.9. The highest BCUT2D eigenvalue weighted by molar-refractivity contribution is 7.89. The third-order valence-electron chi connectivity index (χ3n) is 8.97. The summed E-state index contributed by atoms with van der Waals surface area (Å²) in [5.41, 5.74) is -0.692. The largest absolute Gasteiger partial charge is 0.501 e. The predicted octanol–water partition coefficient (Wildman–Crippen LogP) is 0.693. The number of carbonyl (C=O) groups excluding carboxylic acids is 3. The Morgan fingerprint density at radius 3 is 2.44 bits per heavy atom. The highest BCUT2D eigenvalue weighted by Gasteiger charge is 2.42. The number of hydrogen-bond acceptors (Lipinski definition) is 10. The molecular formula is C30H31FN6O9S2. The zero-order valence-corrected chi connectivity index (χ0v) is 26.9. The summed E-state index contributed by atoms with van der Waals surface area (Å²) in [5, 5.41) is 26.7. The Morgan fingerprint density at radius 1 is 1.04 bits per heavy atom. The van der Waals surface area contributed by atoms with Crippen LogP contribution in [0.15, 0.2) is 45.4 Å². The molecule has 1 aromatic carbocycles. The number of carboxylic acid groups (broad SMARTS) is 1. The van der Waals surface area contributed by atoms with Gasteiger partial charge in [-0.05, 0) is 54.3 Å². The van der Waals surface area contributed by atoms with Crippen LogP contribution < -0.4 is 16.2 Å². The van der Waals surface area contributed by atoms with Crippen molar-refractivity contribution in [3.8, 4) is 5.75 Å². The second-order valence-electron chi connectivity index (χ2n) is 11.9. The lowest BCUT2D eigenvalue weighted by atomic mass is 9.79. The van der Waals surface area contributed by atoms with Gasteiger partial charge in [0.2, 0.25) is 15.8 Å². The molecule has 48 heavy (non-hydrogen) atoms. The van der Waals surface area contributed by atoms with Gasteiger partial charge in [0.25, 0.3) is 11.5 Å². The summed E-state index contributed by atoms with van der Waals surface area (Å²) < 4.78 is 41.8. The van der Waals surface area contributed by atoms with Crippen molar-refractivity contribution in [1.82, 2.24) is 29.4 Å². The van der Waals surface area contributed by atoms with Crippen LogP contribution in [-0.2, 0) is 32.7 Å². The first-order valence-corrected chi connectivity index (χ1v) is 17.4. The Bertz CT molecular complexity index is 1960. The van der Waals surface area contributed by atoms with Crippen molar-refractivity contribution in [1.29, 1.82) is 0 Å². The number of amides is 3. The van der Waals surface area contributed by atoms with Crippen LogP contribution in [0.2, 0.25) is 0 Å². The lowest BCUT2D eigenvalue weighted by molar-refractivity contribution is -0.147. The topological polar surface area (TPSA) is 208 Å². The molecule has 2 aromatic heterocycles. The van der Waals surface area contributed by atoms with E-state index in [0.717, 1.165) is 15.6 Å². The molecule has 3 aromatic rings. The van der Waals surface area contributed by atoms with Gasteiger partial charge in [-0.1, -0.05) is 12.1 Å². The number of aromatic nitrogens is 2. The monoisotopic (exact) mass is 702 g/mol. The number of hydrogen-bond donors (Lipinski definition) is 4. The van der Waals surface area contributed by atoms with E-state index in [0.29, 0.717) is 24.8 Å². The molecule has 2 fully saturated rings. The molecule has 4 aliphatic rings. The van der Waals surface area contributed by atoms with Crippen LogP contribution in [0.3, 0.4) is 0 Å². The van der Waals surface area contributed by atoms with Crippen LogP contribution in [0, 0.1) is 11.7 Å². The number of aromatic hydroxyl groups is 1. The number of thiophene rings is 1. The highest BCUT2D eigenvalue weighted by atomic mass is 32.2. The molecule has 2 bridgehead atoms. The molecule has 1 saturated carbocycles. The summed E-state index contributed by atoms with van der Waals surface area (Å²) in [6.45, 7) is -0.274. The van der Waals surface area contributed by atoms with Gasteiger partial charge in [0, 0.05) is 51.2 Å². The Labute approximate surface area is 277 Å². The van der Waals surface area contributed by atoms with Crippen LogP contribution >= 0.6 is 11.3 Å². The fourth-order valence-corrected chi connectivity index (χ4v) is 9.15. The van der Waals surface area contributed by atoms with Crippen molar-refractivity contribution in [3.05, 3.63) is 73.8 Å². The maximum Gasteiger partial charge on any atom is 0.347 e. The molecular weight excluding hydrogens is 671 g/mol. The smallest absolute Gasteiger partial charge is 0.347 e. The molecule has 0 spiro atoms. The Kier molecular flexibility index (Phi) is 9.06. The quantitative estimate of drug-likeness (QED) is 0.253. The number of halogens is 1. The minimum Gasteiger partial charge on any atom is -0.501 e. The van der Waals surface area contributed by atoms with E-state index in [4.69, 9.17) is 0 Å². The molecule has 4 N–H and O–H groups in total. The Morgan fingerprint density at radius 2 is 1.75 bits per heavy atom. The van der Waals surface area contributed by atoms with E-state index in [-0.39, 0.29) is 60.8 Å². The molecule has 15 nitrogen and oxygen atoms in total.